The molecule has 0 fully saturated rings. The molecule has 1 heterocycles. The third kappa shape index (κ3) is 2.76. The van der Waals surface area contributed by atoms with Gasteiger partial charge in [0.05, 0.1) is 12.8 Å². The number of methoxy groups -OCH3 is 1. The molecule has 24 heavy (non-hydrogen) atoms. The van der Waals surface area contributed by atoms with Crippen molar-refractivity contribution in [1.82, 2.24) is 9.71 Å². The molecule has 0 radical (unpaired) electrons. The zero-order chi connectivity index (χ0) is 16.9. The molecule has 2 aromatic carbocycles. The van der Waals surface area contributed by atoms with Crippen LogP contribution in [0.25, 0.3) is 22.6 Å². The van der Waals surface area contributed by atoms with E-state index in [2.05, 4.69) is 0 Å². The predicted molar refractivity (Wildman–Crippen MR) is 91.7 cm³/mol. The maximum atomic E-state index is 11.1. The van der Waals surface area contributed by atoms with Gasteiger partial charge in [-0.15, -0.1) is 0 Å². The molecule has 0 saturated heterocycles. The lowest BCUT2D eigenvalue weighted by atomic mass is 10.1. The SMILES string of the molecule is CCc1nc(-c2ccccc2)n(OC=O)c1-c1ccccc1OC. The molecule has 5 nitrogen and oxygen atoms in total. The summed E-state index contributed by atoms with van der Waals surface area (Å²) in [6.45, 7) is 2.42. The molecule has 0 amide bonds. The van der Waals surface area contributed by atoms with Crippen molar-refractivity contribution >= 4 is 6.47 Å². The van der Waals surface area contributed by atoms with Gasteiger partial charge in [0.1, 0.15) is 11.4 Å². The van der Waals surface area contributed by atoms with Crippen LogP contribution >= 0.6 is 0 Å². The van der Waals surface area contributed by atoms with E-state index in [4.69, 9.17) is 14.6 Å². The van der Waals surface area contributed by atoms with Crippen molar-refractivity contribution in [3.63, 3.8) is 0 Å². The van der Waals surface area contributed by atoms with Crippen molar-refractivity contribution in [1.29, 1.82) is 0 Å². The Balaban J connectivity index is 2.28. The molecule has 0 atom stereocenters. The van der Waals surface area contributed by atoms with E-state index in [-0.39, 0.29) is 0 Å². The quantitative estimate of drug-likeness (QED) is 0.653. The van der Waals surface area contributed by atoms with Crippen LogP contribution < -0.4 is 9.57 Å². The normalized spacial score (nSPS) is 10.4. The average molecular weight is 322 g/mol. The summed E-state index contributed by atoms with van der Waals surface area (Å²) in [5, 5.41) is 0. The average Bonchev–Trinajstić information content (AvgIpc) is 3.01. The van der Waals surface area contributed by atoms with Crippen LogP contribution in [0.4, 0.5) is 0 Å². The number of aryl methyl sites for hydroxylation is 1. The van der Waals surface area contributed by atoms with Gasteiger partial charge in [0.2, 0.25) is 0 Å². The van der Waals surface area contributed by atoms with Crippen molar-refractivity contribution in [3.05, 3.63) is 60.3 Å². The highest BCUT2D eigenvalue weighted by Gasteiger charge is 2.22. The number of hydrogen-bond acceptors (Lipinski definition) is 4. The molecule has 1 aromatic heterocycles. The summed E-state index contributed by atoms with van der Waals surface area (Å²) in [7, 11) is 1.61. The number of para-hydroxylation sites is 1. The number of nitrogens with zero attached hydrogens (tertiary/aromatic N) is 2. The van der Waals surface area contributed by atoms with Crippen molar-refractivity contribution < 1.29 is 14.4 Å². The Morgan fingerprint density at radius 3 is 2.46 bits per heavy atom. The Bertz CT molecular complexity index is 841. The van der Waals surface area contributed by atoms with Crippen LogP contribution in [0.15, 0.2) is 54.6 Å². The molecule has 122 valence electrons. The lowest BCUT2D eigenvalue weighted by molar-refractivity contribution is -0.128. The molecule has 0 unspecified atom stereocenters. The van der Waals surface area contributed by atoms with Gasteiger partial charge in [-0.1, -0.05) is 49.4 Å². The predicted octanol–water partition coefficient (Wildman–Crippen LogP) is 3.37. The van der Waals surface area contributed by atoms with Crippen molar-refractivity contribution in [3.8, 4) is 28.4 Å². The van der Waals surface area contributed by atoms with Gasteiger partial charge in [-0.25, -0.2) is 4.98 Å². The van der Waals surface area contributed by atoms with Gasteiger partial charge < -0.3 is 9.57 Å². The minimum atomic E-state index is 0.409. The first kappa shape index (κ1) is 15.8. The highest BCUT2D eigenvalue weighted by molar-refractivity contribution is 5.73. The van der Waals surface area contributed by atoms with Crippen LogP contribution in [-0.2, 0) is 11.2 Å². The van der Waals surface area contributed by atoms with Crippen LogP contribution in [0.3, 0.4) is 0 Å². The molecule has 3 aromatic rings. The first-order valence-corrected chi connectivity index (χ1v) is 7.71. The smallest absolute Gasteiger partial charge is 0.321 e. The van der Waals surface area contributed by atoms with E-state index in [1.165, 1.54) is 4.73 Å². The topological polar surface area (TPSA) is 53.4 Å². The maximum Gasteiger partial charge on any atom is 0.321 e. The minimum absolute atomic E-state index is 0.409. The summed E-state index contributed by atoms with van der Waals surface area (Å²) in [6, 6.07) is 17.2. The van der Waals surface area contributed by atoms with E-state index < -0.39 is 0 Å². The summed E-state index contributed by atoms with van der Waals surface area (Å²) in [5.41, 5.74) is 3.25. The van der Waals surface area contributed by atoms with E-state index in [0.717, 1.165) is 22.5 Å². The first-order chi connectivity index (χ1) is 11.8. The van der Waals surface area contributed by atoms with Gasteiger partial charge in [0, 0.05) is 11.1 Å². The van der Waals surface area contributed by atoms with Gasteiger partial charge in [0.25, 0.3) is 0 Å². The molecule has 0 aliphatic carbocycles. The molecule has 0 bridgehead atoms. The van der Waals surface area contributed by atoms with Crippen LogP contribution in [0.5, 0.6) is 5.75 Å². The second kappa shape index (κ2) is 7.00. The minimum Gasteiger partial charge on any atom is -0.496 e. The summed E-state index contributed by atoms with van der Waals surface area (Å²) in [4.78, 5) is 21.1. The molecule has 0 saturated carbocycles. The fourth-order valence-corrected chi connectivity index (χ4v) is 2.72. The third-order valence-electron chi connectivity index (χ3n) is 3.79. The van der Waals surface area contributed by atoms with E-state index in [1.807, 2.05) is 61.5 Å². The second-order valence-corrected chi connectivity index (χ2v) is 5.15. The Labute approximate surface area is 140 Å². The first-order valence-electron chi connectivity index (χ1n) is 7.71. The third-order valence-corrected chi connectivity index (χ3v) is 3.79. The molecule has 3 rings (SSSR count). The van der Waals surface area contributed by atoms with Gasteiger partial charge in [0.15, 0.2) is 5.82 Å². The zero-order valence-electron chi connectivity index (χ0n) is 13.6. The number of rotatable bonds is 6. The van der Waals surface area contributed by atoms with E-state index in [9.17, 15) is 4.79 Å². The fraction of sp³-hybridized carbons (Fsp3) is 0.158. The lowest BCUT2D eigenvalue weighted by Crippen LogP contribution is -2.13. The Hall–Kier alpha value is -3.08. The number of hydrogen-bond donors (Lipinski definition) is 0. The maximum absolute atomic E-state index is 11.1. The number of aromatic nitrogens is 2. The highest BCUT2D eigenvalue weighted by Crippen LogP contribution is 2.35. The van der Waals surface area contributed by atoms with E-state index in [1.54, 1.807) is 7.11 Å². The van der Waals surface area contributed by atoms with Crippen LogP contribution in [0, 0.1) is 0 Å². The molecular weight excluding hydrogens is 304 g/mol. The van der Waals surface area contributed by atoms with Crippen molar-refractivity contribution in [2.45, 2.75) is 13.3 Å². The van der Waals surface area contributed by atoms with Gasteiger partial charge in [-0.3, -0.25) is 4.79 Å². The molecule has 0 aliphatic rings. The summed E-state index contributed by atoms with van der Waals surface area (Å²) < 4.78 is 6.93. The van der Waals surface area contributed by atoms with E-state index >= 15 is 0 Å². The molecule has 0 N–H and O–H groups in total. The van der Waals surface area contributed by atoms with E-state index in [0.29, 0.717) is 24.5 Å². The number of ether oxygens (including phenoxy) is 1. The Morgan fingerprint density at radius 2 is 1.79 bits per heavy atom. The van der Waals surface area contributed by atoms with Gasteiger partial charge in [-0.2, -0.15) is 4.73 Å². The molecule has 0 spiro atoms. The van der Waals surface area contributed by atoms with Gasteiger partial charge in [-0.05, 0) is 18.6 Å². The fourth-order valence-electron chi connectivity index (χ4n) is 2.72. The molecule has 5 heteroatoms. The highest BCUT2D eigenvalue weighted by atomic mass is 16.7. The van der Waals surface area contributed by atoms with Crippen molar-refractivity contribution in [2.75, 3.05) is 7.11 Å². The second-order valence-electron chi connectivity index (χ2n) is 5.15. The standard InChI is InChI=1S/C19H18N2O3/c1-3-16-18(15-11-7-8-12-17(15)23-2)21(24-13-22)19(20-16)14-9-5-4-6-10-14/h4-13H,3H2,1-2H3. The number of carbonyl (C=O) groups excluding carboxylic acids is 1. The van der Waals surface area contributed by atoms with Crippen molar-refractivity contribution in [2.24, 2.45) is 0 Å². The molecule has 0 aliphatic heterocycles. The number of benzene rings is 2. The number of imidazole rings is 1. The van der Waals surface area contributed by atoms with Crippen LogP contribution in [-0.4, -0.2) is 23.3 Å². The Kier molecular flexibility index (Phi) is 4.61. The molecular formula is C19H18N2O3. The number of carbonyl (C=O) groups is 1. The Morgan fingerprint density at radius 1 is 1.08 bits per heavy atom. The van der Waals surface area contributed by atoms with Crippen LogP contribution in [0.2, 0.25) is 0 Å². The monoisotopic (exact) mass is 322 g/mol. The summed E-state index contributed by atoms with van der Waals surface area (Å²) in [6.07, 6.45) is 0.697. The summed E-state index contributed by atoms with van der Waals surface area (Å²) >= 11 is 0. The lowest BCUT2D eigenvalue weighted by Gasteiger charge is -2.12. The van der Waals surface area contributed by atoms with Gasteiger partial charge >= 0.3 is 6.47 Å². The largest absolute Gasteiger partial charge is 0.496 e. The van der Waals surface area contributed by atoms with Crippen LogP contribution in [0.1, 0.15) is 12.6 Å². The zero-order valence-corrected chi connectivity index (χ0v) is 13.6. The summed E-state index contributed by atoms with van der Waals surface area (Å²) in [5.74, 6) is 1.28.